The molecule has 1 aromatic carbocycles. The average Bonchev–Trinajstić information content (AvgIpc) is 2.25. The highest BCUT2D eigenvalue weighted by molar-refractivity contribution is 5.75. The van der Waals surface area contributed by atoms with Crippen LogP contribution < -0.4 is 10.5 Å². The first-order chi connectivity index (χ1) is 7.91. The van der Waals surface area contributed by atoms with Crippen LogP contribution in [0, 0.1) is 11.6 Å². The number of carbonyl (C=O) groups is 1. The van der Waals surface area contributed by atoms with Gasteiger partial charge >= 0.3 is 0 Å². The number of hydrogen-bond acceptors (Lipinski definition) is 3. The summed E-state index contributed by atoms with van der Waals surface area (Å²) in [5.41, 5.74) is 4.90. The zero-order chi connectivity index (χ0) is 13.0. The van der Waals surface area contributed by atoms with Gasteiger partial charge in [-0.1, -0.05) is 0 Å². The van der Waals surface area contributed by atoms with Crippen molar-refractivity contribution in [1.82, 2.24) is 4.90 Å². The number of halogens is 2. The summed E-state index contributed by atoms with van der Waals surface area (Å²) in [7, 11) is 3.21. The number of carbonyl (C=O) groups excluding carboxylic acids is 1. The Labute approximate surface area is 98.0 Å². The minimum Gasteiger partial charge on any atom is -0.490 e. The number of amides is 1. The third-order valence-corrected chi connectivity index (χ3v) is 2.12. The van der Waals surface area contributed by atoms with Crippen molar-refractivity contribution in [2.24, 2.45) is 0 Å². The minimum absolute atomic E-state index is 0.0166. The van der Waals surface area contributed by atoms with Gasteiger partial charge in [0.2, 0.25) is 5.91 Å². The van der Waals surface area contributed by atoms with Gasteiger partial charge in [0, 0.05) is 26.2 Å². The van der Waals surface area contributed by atoms with Crippen LogP contribution in [0.1, 0.15) is 6.42 Å². The summed E-state index contributed by atoms with van der Waals surface area (Å²) in [6, 6.07) is 1.71. The predicted octanol–water partition coefficient (Wildman–Crippen LogP) is 1.40. The molecule has 1 rings (SSSR count). The van der Waals surface area contributed by atoms with E-state index in [0.717, 1.165) is 12.1 Å². The van der Waals surface area contributed by atoms with E-state index in [1.807, 2.05) is 0 Å². The van der Waals surface area contributed by atoms with Gasteiger partial charge < -0.3 is 15.4 Å². The average molecular weight is 244 g/mol. The van der Waals surface area contributed by atoms with Crippen LogP contribution in [0.25, 0.3) is 0 Å². The quantitative estimate of drug-likeness (QED) is 0.814. The number of nitrogens with two attached hydrogens (primary N) is 1. The van der Waals surface area contributed by atoms with Crippen LogP contribution >= 0.6 is 0 Å². The second-order valence-corrected chi connectivity index (χ2v) is 3.69. The van der Waals surface area contributed by atoms with Crippen LogP contribution in [-0.4, -0.2) is 31.5 Å². The van der Waals surface area contributed by atoms with E-state index in [0.29, 0.717) is 0 Å². The number of hydrogen-bond donors (Lipinski definition) is 1. The van der Waals surface area contributed by atoms with E-state index in [4.69, 9.17) is 10.5 Å². The number of anilines is 1. The van der Waals surface area contributed by atoms with E-state index in [1.54, 1.807) is 14.1 Å². The summed E-state index contributed by atoms with van der Waals surface area (Å²) < 4.78 is 31.2. The minimum atomic E-state index is -0.750. The summed E-state index contributed by atoms with van der Waals surface area (Å²) in [6.45, 7) is -0.0166. The molecule has 0 spiro atoms. The molecule has 94 valence electrons. The van der Waals surface area contributed by atoms with E-state index < -0.39 is 11.6 Å². The van der Waals surface area contributed by atoms with Crippen molar-refractivity contribution in [2.45, 2.75) is 6.42 Å². The summed E-state index contributed by atoms with van der Waals surface area (Å²) in [5.74, 6) is -1.90. The molecule has 1 aromatic rings. The van der Waals surface area contributed by atoms with Gasteiger partial charge in [0.1, 0.15) is 5.82 Å². The summed E-state index contributed by atoms with van der Waals surface area (Å²) in [4.78, 5) is 12.6. The third kappa shape index (κ3) is 3.58. The Hall–Kier alpha value is -1.85. The summed E-state index contributed by atoms with van der Waals surface area (Å²) in [6.07, 6.45) is 0.0957. The third-order valence-electron chi connectivity index (χ3n) is 2.12. The van der Waals surface area contributed by atoms with Crippen molar-refractivity contribution in [3.63, 3.8) is 0 Å². The highest BCUT2D eigenvalue weighted by Gasteiger charge is 2.10. The first-order valence-electron chi connectivity index (χ1n) is 4.99. The number of nitrogen functional groups attached to an aromatic ring is 1. The maximum Gasteiger partial charge on any atom is 0.225 e. The van der Waals surface area contributed by atoms with Gasteiger partial charge in [0.15, 0.2) is 11.6 Å². The molecule has 0 radical (unpaired) electrons. The molecule has 0 aliphatic rings. The second-order valence-electron chi connectivity index (χ2n) is 3.69. The molecule has 0 fully saturated rings. The van der Waals surface area contributed by atoms with Crippen LogP contribution in [0.3, 0.4) is 0 Å². The lowest BCUT2D eigenvalue weighted by atomic mass is 10.3. The lowest BCUT2D eigenvalue weighted by Gasteiger charge is -2.11. The Kier molecular flexibility index (Phi) is 4.25. The van der Waals surface area contributed by atoms with Crippen molar-refractivity contribution in [1.29, 1.82) is 0 Å². The van der Waals surface area contributed by atoms with Crippen LogP contribution in [-0.2, 0) is 4.79 Å². The molecule has 0 bridgehead atoms. The topological polar surface area (TPSA) is 55.6 Å². The molecule has 2 N–H and O–H groups in total. The predicted molar refractivity (Wildman–Crippen MR) is 59.6 cm³/mol. The van der Waals surface area contributed by atoms with Gasteiger partial charge in [0.05, 0.1) is 18.7 Å². The fourth-order valence-electron chi connectivity index (χ4n) is 1.13. The SMILES string of the molecule is CN(C)C(=O)CCOc1cc(F)c(N)cc1F. The molecule has 4 nitrogen and oxygen atoms in total. The molecular formula is C11H14F2N2O2. The highest BCUT2D eigenvalue weighted by Crippen LogP contribution is 2.22. The van der Waals surface area contributed by atoms with Gasteiger partial charge in [-0.15, -0.1) is 0 Å². The van der Waals surface area contributed by atoms with Gasteiger partial charge in [0.25, 0.3) is 0 Å². The number of ether oxygens (including phenoxy) is 1. The smallest absolute Gasteiger partial charge is 0.225 e. The Morgan fingerprint density at radius 1 is 1.35 bits per heavy atom. The summed E-state index contributed by atoms with van der Waals surface area (Å²) in [5, 5.41) is 0. The zero-order valence-corrected chi connectivity index (χ0v) is 9.67. The molecule has 0 unspecified atom stereocenters. The summed E-state index contributed by atoms with van der Waals surface area (Å²) >= 11 is 0. The van der Waals surface area contributed by atoms with Crippen molar-refractivity contribution in [3.8, 4) is 5.75 Å². The Morgan fingerprint density at radius 3 is 2.59 bits per heavy atom. The van der Waals surface area contributed by atoms with E-state index in [2.05, 4.69) is 0 Å². The lowest BCUT2D eigenvalue weighted by molar-refractivity contribution is -0.129. The Morgan fingerprint density at radius 2 is 2.00 bits per heavy atom. The first kappa shape index (κ1) is 13.2. The standard InChI is InChI=1S/C11H14F2N2O2/c1-15(2)11(16)3-4-17-10-6-7(12)9(14)5-8(10)13/h5-6H,3-4,14H2,1-2H3. The molecule has 1 amide bonds. The lowest BCUT2D eigenvalue weighted by Crippen LogP contribution is -2.23. The fraction of sp³-hybridized carbons (Fsp3) is 0.364. The molecule has 6 heteroatoms. The molecule has 0 aliphatic heterocycles. The van der Waals surface area contributed by atoms with Gasteiger partial charge in [-0.25, -0.2) is 8.78 Å². The number of nitrogens with zero attached hydrogens (tertiary/aromatic N) is 1. The zero-order valence-electron chi connectivity index (χ0n) is 9.67. The van der Waals surface area contributed by atoms with Crippen LogP contribution in [0.5, 0.6) is 5.75 Å². The second kappa shape index (κ2) is 5.47. The Balaban J connectivity index is 2.58. The molecule has 0 heterocycles. The van der Waals surface area contributed by atoms with E-state index >= 15 is 0 Å². The normalized spacial score (nSPS) is 10.1. The van der Waals surface area contributed by atoms with Gasteiger partial charge in [-0.3, -0.25) is 4.79 Å². The highest BCUT2D eigenvalue weighted by atomic mass is 19.1. The molecule has 0 saturated carbocycles. The maximum absolute atomic E-state index is 13.2. The van der Waals surface area contributed by atoms with E-state index in [9.17, 15) is 13.6 Å². The van der Waals surface area contributed by atoms with Crippen LogP contribution in [0.4, 0.5) is 14.5 Å². The Bertz CT molecular complexity index is 422. The van der Waals surface area contributed by atoms with Crippen molar-refractivity contribution in [3.05, 3.63) is 23.8 Å². The maximum atomic E-state index is 13.2. The largest absolute Gasteiger partial charge is 0.490 e. The van der Waals surface area contributed by atoms with Crippen molar-refractivity contribution < 1.29 is 18.3 Å². The molecule has 0 atom stereocenters. The van der Waals surface area contributed by atoms with Gasteiger partial charge in [-0.2, -0.15) is 0 Å². The molecule has 0 saturated heterocycles. The molecule has 0 aliphatic carbocycles. The first-order valence-corrected chi connectivity index (χ1v) is 4.99. The van der Waals surface area contributed by atoms with E-state index in [1.165, 1.54) is 4.90 Å². The number of benzene rings is 1. The number of rotatable bonds is 4. The monoisotopic (exact) mass is 244 g/mol. The molecular weight excluding hydrogens is 230 g/mol. The van der Waals surface area contributed by atoms with Crippen molar-refractivity contribution >= 4 is 11.6 Å². The molecule has 0 aromatic heterocycles. The molecule has 17 heavy (non-hydrogen) atoms. The van der Waals surface area contributed by atoms with Gasteiger partial charge in [-0.05, 0) is 0 Å². The van der Waals surface area contributed by atoms with Crippen LogP contribution in [0.15, 0.2) is 12.1 Å². The van der Waals surface area contributed by atoms with E-state index in [-0.39, 0.29) is 30.4 Å². The fourth-order valence-corrected chi connectivity index (χ4v) is 1.13. The van der Waals surface area contributed by atoms with Crippen LogP contribution in [0.2, 0.25) is 0 Å². The van der Waals surface area contributed by atoms with Crippen molar-refractivity contribution in [2.75, 3.05) is 26.4 Å².